The molecule has 1 aliphatic rings. The molecule has 0 N–H and O–H groups in total. The molecule has 0 aromatic rings. The third-order valence-electron chi connectivity index (χ3n) is 2.45. The first-order valence-corrected chi connectivity index (χ1v) is 6.72. The summed E-state index contributed by atoms with van der Waals surface area (Å²) in [6.45, 7) is 3.85. The van der Waals surface area contributed by atoms with Gasteiger partial charge in [-0.05, 0) is 19.3 Å². The molecule has 1 heterocycles. The monoisotopic (exact) mass is 274 g/mol. The van der Waals surface area contributed by atoms with Gasteiger partial charge in [-0.15, -0.1) is 0 Å². The third-order valence-corrected chi connectivity index (χ3v) is 3.15. The maximum absolute atomic E-state index is 5.48. The number of hydrogen-bond acceptors (Lipinski definition) is 2. The quantitative estimate of drug-likeness (QED) is 0.543. The normalized spacial score (nSPS) is 18.3. The van der Waals surface area contributed by atoms with Crippen LogP contribution in [0.1, 0.15) is 45.4 Å². The van der Waals surface area contributed by atoms with E-state index in [0.29, 0.717) is 0 Å². The zero-order chi connectivity index (χ0) is 10.9. The fraction of sp³-hybridized carbons (Fsp3) is 0.818. The van der Waals surface area contributed by atoms with Crippen LogP contribution >= 0.6 is 15.9 Å². The minimum atomic E-state index is -0.148. The van der Waals surface area contributed by atoms with Crippen molar-refractivity contribution < 1.29 is 9.31 Å². The van der Waals surface area contributed by atoms with E-state index in [1.807, 2.05) is 0 Å². The predicted octanol–water partition coefficient (Wildman–Crippen LogP) is 3.70. The first-order valence-electron chi connectivity index (χ1n) is 5.93. The molecule has 0 saturated carbocycles. The summed E-state index contributed by atoms with van der Waals surface area (Å²) in [6, 6.07) is 0. The molecule has 0 radical (unpaired) electrons. The highest BCUT2D eigenvalue weighted by Crippen LogP contribution is 2.17. The maximum atomic E-state index is 5.48. The maximum Gasteiger partial charge on any atom is 0.500 e. The van der Waals surface area contributed by atoms with E-state index < -0.39 is 0 Å². The van der Waals surface area contributed by atoms with Gasteiger partial charge in [-0.1, -0.05) is 48.2 Å². The van der Waals surface area contributed by atoms with Gasteiger partial charge in [0.05, 0.1) is 0 Å². The van der Waals surface area contributed by atoms with Gasteiger partial charge in [0.15, 0.2) is 0 Å². The molecular formula is C11H20BBrO2. The lowest BCUT2D eigenvalue weighted by molar-refractivity contribution is 0.142. The Balaban J connectivity index is 2.13. The van der Waals surface area contributed by atoms with E-state index in [1.165, 1.54) is 25.7 Å². The van der Waals surface area contributed by atoms with Crippen molar-refractivity contribution in [2.24, 2.45) is 0 Å². The molecule has 0 aromatic heterocycles. The van der Waals surface area contributed by atoms with Gasteiger partial charge in [0.25, 0.3) is 0 Å². The van der Waals surface area contributed by atoms with Gasteiger partial charge >= 0.3 is 7.12 Å². The summed E-state index contributed by atoms with van der Waals surface area (Å²) < 4.78 is 12.0. The molecule has 1 aliphatic heterocycles. The Kier molecular flexibility index (Phi) is 7.40. The van der Waals surface area contributed by atoms with Crippen LogP contribution in [-0.2, 0) is 9.31 Å². The van der Waals surface area contributed by atoms with Crippen molar-refractivity contribution in [1.82, 2.24) is 0 Å². The van der Waals surface area contributed by atoms with E-state index in [4.69, 9.17) is 9.31 Å². The van der Waals surface area contributed by atoms with Crippen molar-refractivity contribution in [1.29, 1.82) is 0 Å². The zero-order valence-electron chi connectivity index (χ0n) is 9.51. The summed E-state index contributed by atoms with van der Waals surface area (Å²) in [5.74, 6) is 0. The highest BCUT2D eigenvalue weighted by atomic mass is 79.9. The molecular weight excluding hydrogens is 255 g/mol. The van der Waals surface area contributed by atoms with E-state index in [2.05, 4.69) is 28.9 Å². The molecule has 0 aliphatic carbocycles. The molecule has 0 amide bonds. The Morgan fingerprint density at radius 1 is 1.27 bits per heavy atom. The van der Waals surface area contributed by atoms with Crippen LogP contribution in [0, 0.1) is 0 Å². The average molecular weight is 275 g/mol. The summed E-state index contributed by atoms with van der Waals surface area (Å²) in [5.41, 5.74) is 0. The van der Waals surface area contributed by atoms with Gasteiger partial charge < -0.3 is 9.31 Å². The number of hydrogen-bond donors (Lipinski definition) is 0. The van der Waals surface area contributed by atoms with Crippen molar-refractivity contribution >= 4 is 23.0 Å². The van der Waals surface area contributed by atoms with Crippen LogP contribution < -0.4 is 0 Å². The Hall–Kier alpha value is 0.205. The molecule has 1 rings (SSSR count). The van der Waals surface area contributed by atoms with Crippen molar-refractivity contribution in [2.45, 2.75) is 45.4 Å². The van der Waals surface area contributed by atoms with E-state index in [9.17, 15) is 0 Å². The smallest absolute Gasteiger partial charge is 0.407 e. The van der Waals surface area contributed by atoms with E-state index in [0.717, 1.165) is 30.4 Å². The van der Waals surface area contributed by atoms with Crippen molar-refractivity contribution in [3.8, 4) is 0 Å². The summed E-state index contributed by atoms with van der Waals surface area (Å²) in [6.07, 6.45) is 9.51. The van der Waals surface area contributed by atoms with Crippen LogP contribution in [0.5, 0.6) is 0 Å². The SMILES string of the molecule is CCCCCC/C=C(\Br)B1OCCCO1. The Morgan fingerprint density at radius 3 is 2.67 bits per heavy atom. The molecule has 0 atom stereocenters. The largest absolute Gasteiger partial charge is 0.500 e. The summed E-state index contributed by atoms with van der Waals surface area (Å²) >= 11 is 3.52. The Labute approximate surface area is 102 Å². The second-order valence-corrected chi connectivity index (χ2v) is 4.78. The third kappa shape index (κ3) is 5.74. The molecule has 1 saturated heterocycles. The van der Waals surface area contributed by atoms with E-state index in [1.54, 1.807) is 0 Å². The molecule has 86 valence electrons. The van der Waals surface area contributed by atoms with E-state index >= 15 is 0 Å². The number of unbranched alkanes of at least 4 members (excludes halogenated alkanes) is 4. The highest BCUT2D eigenvalue weighted by molar-refractivity contribution is 9.12. The molecule has 0 spiro atoms. The second kappa shape index (κ2) is 8.37. The molecule has 4 heteroatoms. The highest BCUT2D eigenvalue weighted by Gasteiger charge is 2.24. The minimum Gasteiger partial charge on any atom is -0.407 e. The summed E-state index contributed by atoms with van der Waals surface area (Å²) in [4.78, 5) is 0. The van der Waals surface area contributed by atoms with Crippen LogP contribution in [0.2, 0.25) is 0 Å². The van der Waals surface area contributed by atoms with Crippen LogP contribution in [0.25, 0.3) is 0 Å². The first kappa shape index (κ1) is 13.3. The lowest BCUT2D eigenvalue weighted by atomic mass is 9.87. The van der Waals surface area contributed by atoms with Crippen molar-refractivity contribution in [3.63, 3.8) is 0 Å². The lowest BCUT2D eigenvalue weighted by Gasteiger charge is -2.19. The van der Waals surface area contributed by atoms with Gasteiger partial charge in [0, 0.05) is 17.6 Å². The molecule has 2 nitrogen and oxygen atoms in total. The van der Waals surface area contributed by atoms with Crippen LogP contribution in [0.3, 0.4) is 0 Å². The van der Waals surface area contributed by atoms with Crippen LogP contribution in [-0.4, -0.2) is 20.3 Å². The molecule has 0 bridgehead atoms. The standard InChI is InChI=1S/C11H20BBrO2/c1-2-3-4-5-6-8-11(13)12-14-9-7-10-15-12/h8H,2-7,9-10H2,1H3/b11-8-. The van der Waals surface area contributed by atoms with Gasteiger partial charge in [0.1, 0.15) is 0 Å². The predicted molar refractivity (Wildman–Crippen MR) is 68.0 cm³/mol. The first-order chi connectivity index (χ1) is 7.34. The molecule has 15 heavy (non-hydrogen) atoms. The van der Waals surface area contributed by atoms with Gasteiger partial charge in [-0.25, -0.2) is 0 Å². The van der Waals surface area contributed by atoms with E-state index in [-0.39, 0.29) is 7.12 Å². The van der Waals surface area contributed by atoms with Crippen molar-refractivity contribution in [3.05, 3.63) is 10.5 Å². The van der Waals surface area contributed by atoms with Gasteiger partial charge in [0.2, 0.25) is 0 Å². The van der Waals surface area contributed by atoms with Gasteiger partial charge in [-0.2, -0.15) is 0 Å². The number of allylic oxidation sites excluding steroid dienone is 1. The topological polar surface area (TPSA) is 18.5 Å². The van der Waals surface area contributed by atoms with Crippen molar-refractivity contribution in [2.75, 3.05) is 13.2 Å². The average Bonchev–Trinajstić information content (AvgIpc) is 2.30. The second-order valence-electron chi connectivity index (χ2n) is 3.87. The fourth-order valence-corrected chi connectivity index (χ4v) is 2.05. The molecule has 0 unspecified atom stereocenters. The zero-order valence-corrected chi connectivity index (χ0v) is 11.1. The van der Waals surface area contributed by atoms with Crippen LogP contribution in [0.4, 0.5) is 0 Å². The van der Waals surface area contributed by atoms with Crippen LogP contribution in [0.15, 0.2) is 10.5 Å². The minimum absolute atomic E-state index is 0.148. The molecule has 0 aromatic carbocycles. The number of halogens is 1. The summed E-state index contributed by atoms with van der Waals surface area (Å²) in [7, 11) is -0.148. The molecule has 1 fully saturated rings. The fourth-order valence-electron chi connectivity index (χ4n) is 1.55. The lowest BCUT2D eigenvalue weighted by Crippen LogP contribution is -2.30. The Morgan fingerprint density at radius 2 is 2.00 bits per heavy atom. The Bertz CT molecular complexity index is 191. The number of rotatable bonds is 6. The summed E-state index contributed by atoms with van der Waals surface area (Å²) in [5, 5.41) is 0. The van der Waals surface area contributed by atoms with Gasteiger partial charge in [-0.3, -0.25) is 0 Å².